The highest BCUT2D eigenvalue weighted by Gasteiger charge is 2.28. The van der Waals surface area contributed by atoms with Gasteiger partial charge >= 0.3 is 5.97 Å². The number of rotatable bonds is 4. The summed E-state index contributed by atoms with van der Waals surface area (Å²) in [5.41, 5.74) is 2.79. The standard InChI is InChI=1S/C19H23N3O3/c1-3-22-13(2)17(12-20-22)18(23)21-10-8-14(9-11-21)15-6-4-5-7-16(15)19(24)25/h4-7,12,14H,3,8-11H2,1-2H3,(H,24,25). The monoisotopic (exact) mass is 341 g/mol. The average Bonchev–Trinajstić information content (AvgIpc) is 3.01. The number of carbonyl (C=O) groups excluding carboxylic acids is 1. The Labute approximate surface area is 147 Å². The lowest BCUT2D eigenvalue weighted by molar-refractivity contribution is 0.0680. The third kappa shape index (κ3) is 3.29. The number of carboxylic acids is 1. The highest BCUT2D eigenvalue weighted by molar-refractivity contribution is 5.95. The van der Waals surface area contributed by atoms with Gasteiger partial charge in [-0.05, 0) is 44.2 Å². The van der Waals surface area contributed by atoms with Gasteiger partial charge in [-0.15, -0.1) is 0 Å². The molecule has 1 aromatic heterocycles. The molecule has 0 saturated carbocycles. The topological polar surface area (TPSA) is 75.4 Å². The number of aromatic nitrogens is 2. The summed E-state index contributed by atoms with van der Waals surface area (Å²) in [4.78, 5) is 26.0. The lowest BCUT2D eigenvalue weighted by Crippen LogP contribution is -2.38. The Hall–Kier alpha value is -2.63. The molecule has 0 unspecified atom stereocenters. The molecule has 6 heteroatoms. The summed E-state index contributed by atoms with van der Waals surface area (Å²) < 4.78 is 1.82. The van der Waals surface area contributed by atoms with Crippen LogP contribution in [-0.2, 0) is 6.54 Å². The minimum absolute atomic E-state index is 0.0159. The van der Waals surface area contributed by atoms with E-state index < -0.39 is 5.97 Å². The molecule has 0 atom stereocenters. The quantitative estimate of drug-likeness (QED) is 0.928. The molecule has 1 fully saturated rings. The normalized spacial score (nSPS) is 15.4. The molecule has 0 aliphatic carbocycles. The van der Waals surface area contributed by atoms with Crippen LogP contribution in [0.4, 0.5) is 0 Å². The summed E-state index contributed by atoms with van der Waals surface area (Å²) >= 11 is 0. The predicted octanol–water partition coefficient (Wildman–Crippen LogP) is 2.93. The van der Waals surface area contributed by atoms with Crippen molar-refractivity contribution in [2.24, 2.45) is 0 Å². The maximum atomic E-state index is 12.7. The summed E-state index contributed by atoms with van der Waals surface area (Å²) in [7, 11) is 0. The molecule has 2 aromatic rings. The van der Waals surface area contributed by atoms with Gasteiger partial charge in [-0.25, -0.2) is 4.79 Å². The number of aromatic carboxylic acids is 1. The molecule has 6 nitrogen and oxygen atoms in total. The van der Waals surface area contributed by atoms with Crippen LogP contribution >= 0.6 is 0 Å². The van der Waals surface area contributed by atoms with Crippen LogP contribution in [-0.4, -0.2) is 44.8 Å². The van der Waals surface area contributed by atoms with E-state index in [1.807, 2.05) is 35.6 Å². The van der Waals surface area contributed by atoms with Gasteiger partial charge in [-0.3, -0.25) is 9.48 Å². The Morgan fingerprint density at radius 3 is 2.48 bits per heavy atom. The molecular weight excluding hydrogens is 318 g/mol. The van der Waals surface area contributed by atoms with Crippen molar-refractivity contribution in [3.8, 4) is 0 Å². The van der Waals surface area contributed by atoms with Gasteiger partial charge in [-0.2, -0.15) is 5.10 Å². The molecule has 2 heterocycles. The fourth-order valence-electron chi connectivity index (χ4n) is 3.59. The SMILES string of the molecule is CCn1ncc(C(=O)N2CCC(c3ccccc3C(=O)O)CC2)c1C. The largest absolute Gasteiger partial charge is 0.478 e. The van der Waals surface area contributed by atoms with Crippen LogP contribution in [0.3, 0.4) is 0 Å². The van der Waals surface area contributed by atoms with Gasteiger partial charge in [0.05, 0.1) is 17.3 Å². The van der Waals surface area contributed by atoms with Crippen molar-refractivity contribution in [3.05, 3.63) is 52.8 Å². The first kappa shape index (κ1) is 17.2. The molecule has 1 aromatic carbocycles. The molecule has 0 bridgehead atoms. The van der Waals surface area contributed by atoms with Gasteiger partial charge in [0, 0.05) is 25.3 Å². The highest BCUT2D eigenvalue weighted by Crippen LogP contribution is 2.31. The van der Waals surface area contributed by atoms with Gasteiger partial charge < -0.3 is 10.0 Å². The number of likely N-dealkylation sites (tertiary alicyclic amines) is 1. The smallest absolute Gasteiger partial charge is 0.335 e. The first-order valence-corrected chi connectivity index (χ1v) is 8.66. The first-order chi connectivity index (χ1) is 12.0. The zero-order chi connectivity index (χ0) is 18.0. The third-order valence-electron chi connectivity index (χ3n) is 5.05. The molecule has 132 valence electrons. The minimum atomic E-state index is -0.892. The molecule has 1 saturated heterocycles. The number of piperidine rings is 1. The molecule has 3 rings (SSSR count). The average molecular weight is 341 g/mol. The lowest BCUT2D eigenvalue weighted by atomic mass is 9.86. The van der Waals surface area contributed by atoms with Gasteiger partial charge in [0.25, 0.3) is 5.91 Å². The van der Waals surface area contributed by atoms with E-state index >= 15 is 0 Å². The van der Waals surface area contributed by atoms with Crippen LogP contribution in [0.25, 0.3) is 0 Å². The summed E-state index contributed by atoms with van der Waals surface area (Å²) in [6.07, 6.45) is 3.20. The van der Waals surface area contributed by atoms with Gasteiger partial charge in [0.2, 0.25) is 0 Å². The van der Waals surface area contributed by atoms with Crippen LogP contribution in [0.2, 0.25) is 0 Å². The van der Waals surface area contributed by atoms with Crippen molar-refractivity contribution in [2.75, 3.05) is 13.1 Å². The van der Waals surface area contributed by atoms with E-state index in [2.05, 4.69) is 5.10 Å². The Morgan fingerprint density at radius 1 is 1.20 bits per heavy atom. The minimum Gasteiger partial charge on any atom is -0.478 e. The highest BCUT2D eigenvalue weighted by atomic mass is 16.4. The Bertz CT molecular complexity index is 789. The van der Waals surface area contributed by atoms with E-state index in [0.717, 1.165) is 30.6 Å². The van der Waals surface area contributed by atoms with E-state index in [9.17, 15) is 14.7 Å². The third-order valence-corrected chi connectivity index (χ3v) is 5.05. The molecule has 1 amide bonds. The van der Waals surface area contributed by atoms with E-state index in [4.69, 9.17) is 0 Å². The van der Waals surface area contributed by atoms with E-state index in [0.29, 0.717) is 24.2 Å². The van der Waals surface area contributed by atoms with Crippen molar-refractivity contribution >= 4 is 11.9 Å². The van der Waals surface area contributed by atoms with Crippen LogP contribution < -0.4 is 0 Å². The van der Waals surface area contributed by atoms with Crippen molar-refractivity contribution in [1.29, 1.82) is 0 Å². The molecular formula is C19H23N3O3. The van der Waals surface area contributed by atoms with Crippen molar-refractivity contribution < 1.29 is 14.7 Å². The zero-order valence-electron chi connectivity index (χ0n) is 14.6. The van der Waals surface area contributed by atoms with Crippen LogP contribution in [0.5, 0.6) is 0 Å². The molecule has 1 aliphatic heterocycles. The zero-order valence-corrected chi connectivity index (χ0v) is 14.6. The molecule has 0 spiro atoms. The predicted molar refractivity (Wildman–Crippen MR) is 93.9 cm³/mol. The summed E-state index contributed by atoms with van der Waals surface area (Å²) in [6, 6.07) is 7.17. The van der Waals surface area contributed by atoms with Crippen molar-refractivity contribution in [3.63, 3.8) is 0 Å². The second-order valence-corrected chi connectivity index (χ2v) is 6.42. The fourth-order valence-corrected chi connectivity index (χ4v) is 3.59. The first-order valence-electron chi connectivity index (χ1n) is 8.66. The number of carboxylic acid groups (broad SMARTS) is 1. The molecule has 0 radical (unpaired) electrons. The number of benzene rings is 1. The van der Waals surface area contributed by atoms with Gasteiger partial charge in [0.15, 0.2) is 0 Å². The summed E-state index contributed by atoms with van der Waals surface area (Å²) in [5.74, 6) is -0.699. The van der Waals surface area contributed by atoms with Crippen LogP contribution in [0.1, 0.15) is 57.7 Å². The summed E-state index contributed by atoms with van der Waals surface area (Å²) in [5, 5.41) is 13.6. The number of hydrogen-bond acceptors (Lipinski definition) is 3. The van der Waals surface area contributed by atoms with Gasteiger partial charge in [-0.1, -0.05) is 18.2 Å². The lowest BCUT2D eigenvalue weighted by Gasteiger charge is -2.32. The van der Waals surface area contributed by atoms with E-state index in [1.165, 1.54) is 0 Å². The van der Waals surface area contributed by atoms with Crippen molar-refractivity contribution in [1.82, 2.24) is 14.7 Å². The fraction of sp³-hybridized carbons (Fsp3) is 0.421. The van der Waals surface area contributed by atoms with Gasteiger partial charge in [0.1, 0.15) is 0 Å². The maximum Gasteiger partial charge on any atom is 0.335 e. The Kier molecular flexibility index (Phi) is 4.88. The molecule has 25 heavy (non-hydrogen) atoms. The number of hydrogen-bond donors (Lipinski definition) is 1. The van der Waals surface area contributed by atoms with E-state index in [1.54, 1.807) is 18.3 Å². The number of aryl methyl sites for hydroxylation is 1. The Balaban J connectivity index is 1.71. The number of amides is 1. The van der Waals surface area contributed by atoms with Crippen LogP contribution in [0.15, 0.2) is 30.5 Å². The maximum absolute atomic E-state index is 12.7. The number of nitrogens with zero attached hydrogens (tertiary/aromatic N) is 3. The Morgan fingerprint density at radius 2 is 1.88 bits per heavy atom. The summed E-state index contributed by atoms with van der Waals surface area (Å²) in [6.45, 7) is 5.93. The number of carbonyl (C=O) groups is 2. The molecule has 1 aliphatic rings. The second kappa shape index (κ2) is 7.09. The van der Waals surface area contributed by atoms with E-state index in [-0.39, 0.29) is 11.8 Å². The van der Waals surface area contributed by atoms with Crippen LogP contribution in [0, 0.1) is 6.92 Å². The van der Waals surface area contributed by atoms with Crippen molar-refractivity contribution in [2.45, 2.75) is 39.2 Å². The molecule has 1 N–H and O–H groups in total. The second-order valence-electron chi connectivity index (χ2n) is 6.42.